The second kappa shape index (κ2) is 5.32. The van der Waals surface area contributed by atoms with Gasteiger partial charge in [-0.2, -0.15) is 0 Å². The van der Waals surface area contributed by atoms with Crippen molar-refractivity contribution in [1.29, 1.82) is 0 Å². The fourth-order valence-corrected chi connectivity index (χ4v) is 1.95. The van der Waals surface area contributed by atoms with Crippen LogP contribution in [0.4, 0.5) is 5.69 Å². The third-order valence-electron chi connectivity index (χ3n) is 2.78. The SMILES string of the molecule is Cc1nc(-c2ccc([N+](=O)[O-])cc2)ncc1C(C)Cl. The van der Waals surface area contributed by atoms with Gasteiger partial charge in [-0.3, -0.25) is 10.1 Å². The van der Waals surface area contributed by atoms with Crippen molar-refractivity contribution < 1.29 is 4.92 Å². The van der Waals surface area contributed by atoms with Crippen LogP contribution in [0.5, 0.6) is 0 Å². The van der Waals surface area contributed by atoms with Gasteiger partial charge in [0, 0.05) is 35.2 Å². The molecule has 0 aliphatic rings. The average molecular weight is 278 g/mol. The van der Waals surface area contributed by atoms with E-state index in [0.717, 1.165) is 16.8 Å². The van der Waals surface area contributed by atoms with Crippen molar-refractivity contribution in [2.75, 3.05) is 0 Å². The Labute approximate surface area is 115 Å². The standard InChI is InChI=1S/C13H12ClN3O2/c1-8(14)12-7-15-13(16-9(12)2)10-3-5-11(6-4-10)17(18)19/h3-8H,1-2H3. The minimum atomic E-state index is -0.436. The topological polar surface area (TPSA) is 68.9 Å². The Hall–Kier alpha value is -2.01. The Morgan fingerprint density at radius 3 is 2.42 bits per heavy atom. The quantitative estimate of drug-likeness (QED) is 0.488. The Balaban J connectivity index is 2.37. The molecule has 2 aromatic rings. The number of hydrogen-bond acceptors (Lipinski definition) is 4. The highest BCUT2D eigenvalue weighted by molar-refractivity contribution is 6.20. The maximum atomic E-state index is 10.6. The van der Waals surface area contributed by atoms with Gasteiger partial charge in [0.15, 0.2) is 5.82 Å². The molecule has 0 saturated heterocycles. The summed E-state index contributed by atoms with van der Waals surface area (Å²) in [5, 5.41) is 10.4. The molecule has 6 heteroatoms. The lowest BCUT2D eigenvalue weighted by Gasteiger charge is -2.08. The first-order valence-electron chi connectivity index (χ1n) is 5.71. The van der Waals surface area contributed by atoms with Gasteiger partial charge < -0.3 is 0 Å². The molecule has 1 unspecified atom stereocenters. The summed E-state index contributed by atoms with van der Waals surface area (Å²) in [7, 11) is 0. The number of alkyl halides is 1. The Morgan fingerprint density at radius 1 is 1.32 bits per heavy atom. The number of non-ortho nitro benzene ring substituents is 1. The molecule has 98 valence electrons. The zero-order chi connectivity index (χ0) is 14.0. The van der Waals surface area contributed by atoms with E-state index in [0.29, 0.717) is 5.82 Å². The zero-order valence-electron chi connectivity index (χ0n) is 10.5. The van der Waals surface area contributed by atoms with E-state index in [1.807, 2.05) is 13.8 Å². The molecule has 1 atom stereocenters. The fourth-order valence-electron chi connectivity index (χ4n) is 1.74. The van der Waals surface area contributed by atoms with E-state index in [2.05, 4.69) is 9.97 Å². The molecule has 0 radical (unpaired) electrons. The van der Waals surface area contributed by atoms with Gasteiger partial charge in [-0.05, 0) is 26.0 Å². The van der Waals surface area contributed by atoms with Crippen molar-refractivity contribution >= 4 is 17.3 Å². The summed E-state index contributed by atoms with van der Waals surface area (Å²) in [6, 6.07) is 6.14. The molecule has 5 nitrogen and oxygen atoms in total. The molecule has 0 aliphatic heterocycles. The van der Waals surface area contributed by atoms with Crippen molar-refractivity contribution in [2.24, 2.45) is 0 Å². The number of hydrogen-bond donors (Lipinski definition) is 0. The van der Waals surface area contributed by atoms with Gasteiger partial charge in [0.2, 0.25) is 0 Å². The number of halogens is 1. The molecular formula is C13H12ClN3O2. The first-order chi connectivity index (χ1) is 8.99. The third kappa shape index (κ3) is 2.88. The van der Waals surface area contributed by atoms with E-state index in [9.17, 15) is 10.1 Å². The predicted molar refractivity (Wildman–Crippen MR) is 73.1 cm³/mol. The summed E-state index contributed by atoms with van der Waals surface area (Å²) < 4.78 is 0. The first-order valence-corrected chi connectivity index (χ1v) is 6.15. The van der Waals surface area contributed by atoms with Crippen LogP contribution in [0, 0.1) is 17.0 Å². The predicted octanol–water partition coefficient (Wildman–Crippen LogP) is 3.66. The van der Waals surface area contributed by atoms with Crippen LogP contribution in [0.2, 0.25) is 0 Å². The lowest BCUT2D eigenvalue weighted by Crippen LogP contribution is -1.98. The van der Waals surface area contributed by atoms with E-state index in [4.69, 9.17) is 11.6 Å². The summed E-state index contributed by atoms with van der Waals surface area (Å²) >= 11 is 6.01. The molecule has 0 aliphatic carbocycles. The molecule has 0 bridgehead atoms. The minimum Gasteiger partial charge on any atom is -0.258 e. The molecule has 0 spiro atoms. The Kier molecular flexibility index (Phi) is 3.76. The van der Waals surface area contributed by atoms with Crippen LogP contribution in [0.15, 0.2) is 30.5 Å². The summed E-state index contributed by atoms with van der Waals surface area (Å²) in [5.41, 5.74) is 2.48. The molecule has 1 aromatic carbocycles. The Bertz CT molecular complexity index is 612. The van der Waals surface area contributed by atoms with Crippen molar-refractivity contribution in [3.05, 3.63) is 51.8 Å². The lowest BCUT2D eigenvalue weighted by molar-refractivity contribution is -0.384. The van der Waals surface area contributed by atoms with Crippen molar-refractivity contribution in [1.82, 2.24) is 9.97 Å². The second-order valence-electron chi connectivity index (χ2n) is 4.15. The van der Waals surface area contributed by atoms with Gasteiger partial charge in [0.05, 0.1) is 10.3 Å². The number of benzene rings is 1. The van der Waals surface area contributed by atoms with Crippen molar-refractivity contribution in [3.63, 3.8) is 0 Å². The van der Waals surface area contributed by atoms with Crippen LogP contribution in [0.3, 0.4) is 0 Å². The maximum Gasteiger partial charge on any atom is 0.269 e. The summed E-state index contributed by atoms with van der Waals surface area (Å²) in [5.74, 6) is 0.536. The maximum absolute atomic E-state index is 10.6. The summed E-state index contributed by atoms with van der Waals surface area (Å²) in [4.78, 5) is 18.8. The first kappa shape index (κ1) is 13.4. The highest BCUT2D eigenvalue weighted by atomic mass is 35.5. The smallest absolute Gasteiger partial charge is 0.258 e. The molecule has 1 aromatic heterocycles. The van der Waals surface area contributed by atoms with Crippen LogP contribution in [0.1, 0.15) is 23.6 Å². The monoisotopic (exact) mass is 277 g/mol. The average Bonchev–Trinajstić information content (AvgIpc) is 2.38. The van der Waals surface area contributed by atoms with Gasteiger partial charge in [-0.1, -0.05) is 0 Å². The Morgan fingerprint density at radius 2 is 1.95 bits per heavy atom. The van der Waals surface area contributed by atoms with E-state index < -0.39 is 4.92 Å². The van der Waals surface area contributed by atoms with Crippen LogP contribution < -0.4 is 0 Å². The van der Waals surface area contributed by atoms with Gasteiger partial charge in [-0.15, -0.1) is 11.6 Å². The molecule has 1 heterocycles. The van der Waals surface area contributed by atoms with Crippen molar-refractivity contribution in [3.8, 4) is 11.4 Å². The van der Waals surface area contributed by atoms with Gasteiger partial charge >= 0.3 is 0 Å². The molecule has 0 fully saturated rings. The number of aryl methyl sites for hydroxylation is 1. The number of aromatic nitrogens is 2. The highest BCUT2D eigenvalue weighted by Crippen LogP contribution is 2.24. The van der Waals surface area contributed by atoms with Crippen molar-refractivity contribution in [2.45, 2.75) is 19.2 Å². The molecule has 2 rings (SSSR count). The second-order valence-corrected chi connectivity index (χ2v) is 4.81. The van der Waals surface area contributed by atoms with Crippen LogP contribution in [-0.4, -0.2) is 14.9 Å². The third-order valence-corrected chi connectivity index (χ3v) is 3.02. The number of nitro groups is 1. The number of nitro benzene ring substituents is 1. The van der Waals surface area contributed by atoms with E-state index >= 15 is 0 Å². The van der Waals surface area contributed by atoms with Gasteiger partial charge in [-0.25, -0.2) is 9.97 Å². The van der Waals surface area contributed by atoms with E-state index in [1.165, 1.54) is 12.1 Å². The highest BCUT2D eigenvalue weighted by Gasteiger charge is 2.11. The summed E-state index contributed by atoms with van der Waals surface area (Å²) in [6.45, 7) is 3.73. The van der Waals surface area contributed by atoms with Crippen LogP contribution in [-0.2, 0) is 0 Å². The zero-order valence-corrected chi connectivity index (χ0v) is 11.3. The normalized spacial score (nSPS) is 12.2. The van der Waals surface area contributed by atoms with Gasteiger partial charge in [0.1, 0.15) is 0 Å². The van der Waals surface area contributed by atoms with Crippen LogP contribution >= 0.6 is 11.6 Å². The largest absolute Gasteiger partial charge is 0.269 e. The molecule has 0 saturated carbocycles. The molecule has 19 heavy (non-hydrogen) atoms. The summed E-state index contributed by atoms with van der Waals surface area (Å²) in [6.07, 6.45) is 1.69. The lowest BCUT2D eigenvalue weighted by atomic mass is 10.1. The minimum absolute atomic E-state index is 0.0477. The van der Waals surface area contributed by atoms with E-state index in [1.54, 1.807) is 18.3 Å². The number of nitrogens with zero attached hydrogens (tertiary/aromatic N) is 3. The van der Waals surface area contributed by atoms with Gasteiger partial charge in [0.25, 0.3) is 5.69 Å². The number of rotatable bonds is 3. The van der Waals surface area contributed by atoms with Crippen LogP contribution in [0.25, 0.3) is 11.4 Å². The molecule has 0 amide bonds. The fraction of sp³-hybridized carbons (Fsp3) is 0.231. The van der Waals surface area contributed by atoms with E-state index in [-0.39, 0.29) is 11.1 Å². The molecular weight excluding hydrogens is 266 g/mol. The molecule has 0 N–H and O–H groups in total.